The Bertz CT molecular complexity index is 874. The number of nitrogens with one attached hydrogen (secondary N) is 1. The first-order chi connectivity index (χ1) is 9.99. The Morgan fingerprint density at radius 3 is 2.76 bits per heavy atom. The first-order valence-corrected chi connectivity index (χ1v) is 6.02. The fraction of sp³-hybridized carbons (Fsp3) is 0.0714. The fourth-order valence-corrected chi connectivity index (χ4v) is 2.08. The van der Waals surface area contributed by atoms with Gasteiger partial charge in [0.1, 0.15) is 17.5 Å². The van der Waals surface area contributed by atoms with Crippen LogP contribution in [0, 0.1) is 18.6 Å². The lowest BCUT2D eigenvalue weighted by molar-refractivity contribution is 0.0698. The van der Waals surface area contributed by atoms with Crippen LogP contribution in [0.2, 0.25) is 0 Å². The molecule has 7 heteroatoms. The molecule has 0 aliphatic carbocycles. The summed E-state index contributed by atoms with van der Waals surface area (Å²) in [6.07, 6.45) is 1.28. The van der Waals surface area contributed by atoms with Gasteiger partial charge in [-0.3, -0.25) is 0 Å². The van der Waals surface area contributed by atoms with Crippen LogP contribution >= 0.6 is 0 Å². The fourth-order valence-electron chi connectivity index (χ4n) is 2.08. The first-order valence-electron chi connectivity index (χ1n) is 6.02. The maximum Gasteiger partial charge on any atom is 0.338 e. The predicted molar refractivity (Wildman–Crippen MR) is 70.9 cm³/mol. The largest absolute Gasteiger partial charge is 0.478 e. The second-order valence-corrected chi connectivity index (χ2v) is 4.50. The number of aromatic nitrogens is 3. The van der Waals surface area contributed by atoms with Gasteiger partial charge in [-0.2, -0.15) is 0 Å². The molecular formula is C14H9F2N3O2. The predicted octanol–water partition coefficient (Wildman–Crippen LogP) is 2.91. The molecule has 1 aromatic carbocycles. The molecule has 5 nitrogen and oxygen atoms in total. The monoisotopic (exact) mass is 289 g/mol. The Balaban J connectivity index is 2.30. The summed E-state index contributed by atoms with van der Waals surface area (Å²) in [5, 5.41) is 9.09. The minimum absolute atomic E-state index is 0.0628. The summed E-state index contributed by atoms with van der Waals surface area (Å²) in [5.74, 6) is -2.80. The number of imidazole rings is 1. The molecule has 0 unspecified atom stereocenters. The van der Waals surface area contributed by atoms with Gasteiger partial charge >= 0.3 is 5.97 Å². The molecule has 0 saturated carbocycles. The molecule has 0 spiro atoms. The molecule has 3 rings (SSSR count). The van der Waals surface area contributed by atoms with Crippen molar-refractivity contribution in [2.45, 2.75) is 6.92 Å². The zero-order chi connectivity index (χ0) is 15.1. The van der Waals surface area contributed by atoms with E-state index in [-0.39, 0.29) is 33.7 Å². The Labute approximate surface area is 117 Å². The highest BCUT2D eigenvalue weighted by Gasteiger charge is 2.19. The number of aryl methyl sites for hydroxylation is 1. The normalized spacial score (nSPS) is 11.0. The zero-order valence-electron chi connectivity index (χ0n) is 10.8. The number of nitrogens with zero attached hydrogens (tertiary/aromatic N) is 2. The van der Waals surface area contributed by atoms with Crippen LogP contribution in [0.4, 0.5) is 8.78 Å². The van der Waals surface area contributed by atoms with Crippen molar-refractivity contribution in [2.24, 2.45) is 0 Å². The van der Waals surface area contributed by atoms with Gasteiger partial charge in [-0.1, -0.05) is 6.07 Å². The highest BCUT2D eigenvalue weighted by molar-refractivity contribution is 6.00. The van der Waals surface area contributed by atoms with E-state index in [0.717, 1.165) is 6.07 Å². The van der Waals surface area contributed by atoms with Crippen molar-refractivity contribution in [3.8, 4) is 11.4 Å². The Hall–Kier alpha value is -2.83. The highest BCUT2D eigenvalue weighted by Crippen LogP contribution is 2.28. The third-order valence-corrected chi connectivity index (χ3v) is 3.14. The third kappa shape index (κ3) is 2.03. The molecule has 0 aliphatic heterocycles. The smallest absolute Gasteiger partial charge is 0.338 e. The number of benzene rings is 1. The van der Waals surface area contributed by atoms with E-state index in [4.69, 9.17) is 5.11 Å². The first kappa shape index (κ1) is 13.2. The van der Waals surface area contributed by atoms with Gasteiger partial charge in [-0.25, -0.2) is 23.5 Å². The molecular weight excluding hydrogens is 280 g/mol. The van der Waals surface area contributed by atoms with Crippen LogP contribution in [-0.4, -0.2) is 26.0 Å². The molecule has 0 saturated heterocycles. The standard InChI is InChI=1S/C14H9F2N3O2/c1-6-2-3-8(15)9(10(6)16)12-18-11-7(14(20)21)4-5-17-13(11)19-12/h2-5H,1H3,(H,20,21)(H,17,18,19). The van der Waals surface area contributed by atoms with Gasteiger partial charge in [0.05, 0.1) is 16.6 Å². The lowest BCUT2D eigenvalue weighted by Gasteiger charge is -2.03. The van der Waals surface area contributed by atoms with Crippen molar-refractivity contribution in [2.75, 3.05) is 0 Å². The third-order valence-electron chi connectivity index (χ3n) is 3.14. The number of aromatic amines is 1. The number of rotatable bonds is 2. The van der Waals surface area contributed by atoms with Crippen LogP contribution in [0.3, 0.4) is 0 Å². The summed E-state index contributed by atoms with van der Waals surface area (Å²) in [5.41, 5.74) is 0.0837. The lowest BCUT2D eigenvalue weighted by atomic mass is 10.1. The summed E-state index contributed by atoms with van der Waals surface area (Å²) in [6, 6.07) is 3.74. The van der Waals surface area contributed by atoms with E-state index in [1.54, 1.807) is 0 Å². The van der Waals surface area contributed by atoms with Crippen LogP contribution in [-0.2, 0) is 0 Å². The van der Waals surface area contributed by atoms with Gasteiger partial charge in [-0.05, 0) is 24.6 Å². The number of hydrogen-bond donors (Lipinski definition) is 2. The topological polar surface area (TPSA) is 78.9 Å². The quantitative estimate of drug-likeness (QED) is 0.760. The molecule has 0 fully saturated rings. The highest BCUT2D eigenvalue weighted by atomic mass is 19.1. The molecule has 0 radical (unpaired) electrons. The number of fused-ring (bicyclic) bond motifs is 1. The minimum Gasteiger partial charge on any atom is -0.478 e. The average Bonchev–Trinajstić information content (AvgIpc) is 2.86. The maximum atomic E-state index is 14.1. The summed E-state index contributed by atoms with van der Waals surface area (Å²) in [4.78, 5) is 21.6. The number of hydrogen-bond acceptors (Lipinski definition) is 3. The number of halogens is 2. The summed E-state index contributed by atoms with van der Waals surface area (Å²) in [6.45, 7) is 1.50. The van der Waals surface area contributed by atoms with Gasteiger partial charge in [0.15, 0.2) is 5.65 Å². The molecule has 21 heavy (non-hydrogen) atoms. The number of carboxylic acid groups (broad SMARTS) is 1. The van der Waals surface area contributed by atoms with E-state index in [1.165, 1.54) is 25.3 Å². The van der Waals surface area contributed by atoms with Gasteiger partial charge in [0.25, 0.3) is 0 Å². The molecule has 0 amide bonds. The Kier molecular flexibility index (Phi) is 2.90. The van der Waals surface area contributed by atoms with Crippen molar-refractivity contribution in [3.63, 3.8) is 0 Å². The molecule has 2 heterocycles. The Morgan fingerprint density at radius 2 is 2.05 bits per heavy atom. The molecule has 2 aromatic heterocycles. The zero-order valence-corrected chi connectivity index (χ0v) is 10.8. The molecule has 0 aliphatic rings. The van der Waals surface area contributed by atoms with Gasteiger partial charge in [0.2, 0.25) is 0 Å². The minimum atomic E-state index is -1.18. The summed E-state index contributed by atoms with van der Waals surface area (Å²) < 4.78 is 28.0. The number of aromatic carboxylic acids is 1. The molecule has 3 aromatic rings. The van der Waals surface area contributed by atoms with E-state index in [1.807, 2.05) is 0 Å². The number of pyridine rings is 1. The van der Waals surface area contributed by atoms with Crippen molar-refractivity contribution < 1.29 is 18.7 Å². The lowest BCUT2D eigenvalue weighted by Crippen LogP contribution is -1.98. The van der Waals surface area contributed by atoms with Crippen molar-refractivity contribution in [1.82, 2.24) is 15.0 Å². The second-order valence-electron chi connectivity index (χ2n) is 4.50. The molecule has 0 bridgehead atoms. The second kappa shape index (κ2) is 4.62. The van der Waals surface area contributed by atoms with E-state index in [0.29, 0.717) is 0 Å². The van der Waals surface area contributed by atoms with Crippen LogP contribution < -0.4 is 0 Å². The number of carboxylic acids is 1. The van der Waals surface area contributed by atoms with Crippen LogP contribution in [0.25, 0.3) is 22.6 Å². The van der Waals surface area contributed by atoms with E-state index in [2.05, 4.69) is 15.0 Å². The van der Waals surface area contributed by atoms with Crippen LogP contribution in [0.5, 0.6) is 0 Å². The van der Waals surface area contributed by atoms with Gasteiger partial charge in [0, 0.05) is 6.20 Å². The van der Waals surface area contributed by atoms with Crippen LogP contribution in [0.1, 0.15) is 15.9 Å². The maximum absolute atomic E-state index is 14.1. The molecule has 106 valence electrons. The number of carbonyl (C=O) groups is 1. The van der Waals surface area contributed by atoms with Crippen LogP contribution in [0.15, 0.2) is 24.4 Å². The van der Waals surface area contributed by atoms with E-state index >= 15 is 0 Å². The van der Waals surface area contributed by atoms with Crippen molar-refractivity contribution >= 4 is 17.1 Å². The van der Waals surface area contributed by atoms with Crippen molar-refractivity contribution in [1.29, 1.82) is 0 Å². The summed E-state index contributed by atoms with van der Waals surface area (Å²) >= 11 is 0. The van der Waals surface area contributed by atoms with E-state index in [9.17, 15) is 13.6 Å². The average molecular weight is 289 g/mol. The van der Waals surface area contributed by atoms with Crippen molar-refractivity contribution in [3.05, 3.63) is 47.2 Å². The Morgan fingerprint density at radius 1 is 1.29 bits per heavy atom. The number of H-pyrrole nitrogens is 1. The SMILES string of the molecule is Cc1ccc(F)c(-c2nc3nccc(C(=O)O)c3[nH]2)c1F. The van der Waals surface area contributed by atoms with E-state index < -0.39 is 17.6 Å². The van der Waals surface area contributed by atoms with Gasteiger partial charge in [-0.15, -0.1) is 0 Å². The van der Waals surface area contributed by atoms with Gasteiger partial charge < -0.3 is 10.1 Å². The molecule has 0 atom stereocenters. The molecule has 2 N–H and O–H groups in total. The summed E-state index contributed by atoms with van der Waals surface area (Å²) in [7, 11) is 0.